The molecule has 0 spiro atoms. The highest BCUT2D eigenvalue weighted by Gasteiger charge is 2.12. The molecule has 2 rings (SSSR count). The van der Waals surface area contributed by atoms with Gasteiger partial charge in [-0.05, 0) is 25.3 Å². The molecule has 1 N–H and O–H groups in total. The van der Waals surface area contributed by atoms with Crippen LogP contribution in [0.2, 0.25) is 0 Å². The van der Waals surface area contributed by atoms with E-state index in [9.17, 15) is 0 Å². The van der Waals surface area contributed by atoms with E-state index < -0.39 is 0 Å². The molecule has 3 nitrogen and oxygen atoms in total. The van der Waals surface area contributed by atoms with Crippen LogP contribution < -0.4 is 5.32 Å². The van der Waals surface area contributed by atoms with Crippen molar-refractivity contribution in [1.82, 2.24) is 15.3 Å². The van der Waals surface area contributed by atoms with Crippen molar-refractivity contribution < 1.29 is 0 Å². The molecule has 0 amide bonds. The normalized spacial score (nSPS) is 17.9. The zero-order chi connectivity index (χ0) is 10.3. The van der Waals surface area contributed by atoms with Gasteiger partial charge in [0.1, 0.15) is 6.33 Å². The third-order valence-electron chi connectivity index (χ3n) is 3.10. The summed E-state index contributed by atoms with van der Waals surface area (Å²) in [6.45, 7) is 2.05. The number of aromatic nitrogens is 2. The Labute approximate surface area is 91.3 Å². The van der Waals surface area contributed by atoms with Crippen molar-refractivity contribution in [3.63, 3.8) is 0 Å². The molecule has 0 bridgehead atoms. The van der Waals surface area contributed by atoms with Gasteiger partial charge in [0, 0.05) is 24.5 Å². The molecule has 82 valence electrons. The van der Waals surface area contributed by atoms with Gasteiger partial charge in [0.2, 0.25) is 0 Å². The molecule has 15 heavy (non-hydrogen) atoms. The zero-order valence-corrected chi connectivity index (χ0v) is 9.15. The number of hydrogen-bond acceptors (Lipinski definition) is 3. The lowest BCUT2D eigenvalue weighted by molar-refractivity contribution is 0.342. The van der Waals surface area contributed by atoms with Gasteiger partial charge < -0.3 is 5.32 Å². The van der Waals surface area contributed by atoms with Crippen molar-refractivity contribution in [2.45, 2.75) is 38.6 Å². The quantitative estimate of drug-likeness (QED) is 0.818. The predicted molar refractivity (Wildman–Crippen MR) is 60.3 cm³/mol. The molecule has 1 aromatic heterocycles. The van der Waals surface area contributed by atoms with Gasteiger partial charge >= 0.3 is 0 Å². The van der Waals surface area contributed by atoms with Crippen molar-refractivity contribution in [3.8, 4) is 0 Å². The first-order chi connectivity index (χ1) is 7.45. The Morgan fingerprint density at radius 2 is 1.87 bits per heavy atom. The van der Waals surface area contributed by atoms with Crippen LogP contribution in [0.25, 0.3) is 0 Å². The third-order valence-corrected chi connectivity index (χ3v) is 3.10. The van der Waals surface area contributed by atoms with E-state index in [-0.39, 0.29) is 0 Å². The maximum atomic E-state index is 4.00. The first-order valence-corrected chi connectivity index (χ1v) is 5.90. The van der Waals surface area contributed by atoms with E-state index in [2.05, 4.69) is 15.3 Å². The molecule has 0 atom stereocenters. The third kappa shape index (κ3) is 3.59. The lowest BCUT2D eigenvalue weighted by Gasteiger charge is -2.21. The van der Waals surface area contributed by atoms with Crippen LogP contribution in [-0.4, -0.2) is 16.5 Å². The average Bonchev–Trinajstić information content (AvgIpc) is 2.32. The fourth-order valence-corrected chi connectivity index (χ4v) is 2.23. The van der Waals surface area contributed by atoms with Crippen LogP contribution in [0.5, 0.6) is 0 Å². The molecule has 1 fully saturated rings. The smallest absolute Gasteiger partial charge is 0.115 e. The second-order valence-electron chi connectivity index (χ2n) is 4.38. The molecule has 0 aliphatic heterocycles. The Bertz CT molecular complexity index is 267. The van der Waals surface area contributed by atoms with Crippen LogP contribution in [0, 0.1) is 5.92 Å². The topological polar surface area (TPSA) is 37.8 Å². The van der Waals surface area contributed by atoms with E-state index in [1.165, 1.54) is 37.7 Å². The highest BCUT2D eigenvalue weighted by molar-refractivity contribution is 5.01. The Hall–Kier alpha value is -0.960. The van der Waals surface area contributed by atoms with Crippen LogP contribution >= 0.6 is 0 Å². The molecule has 0 radical (unpaired) electrons. The molecular weight excluding hydrogens is 186 g/mol. The molecule has 0 saturated heterocycles. The summed E-state index contributed by atoms with van der Waals surface area (Å²) in [6.07, 6.45) is 12.4. The summed E-state index contributed by atoms with van der Waals surface area (Å²) < 4.78 is 0. The van der Waals surface area contributed by atoms with Crippen LogP contribution in [0.15, 0.2) is 18.7 Å². The van der Waals surface area contributed by atoms with Gasteiger partial charge in [-0.25, -0.2) is 9.97 Å². The maximum Gasteiger partial charge on any atom is 0.115 e. The first-order valence-electron chi connectivity index (χ1n) is 5.90. The van der Waals surface area contributed by atoms with E-state index in [1.54, 1.807) is 6.33 Å². The highest BCUT2D eigenvalue weighted by Crippen LogP contribution is 2.22. The lowest BCUT2D eigenvalue weighted by Crippen LogP contribution is -2.24. The summed E-state index contributed by atoms with van der Waals surface area (Å²) in [4.78, 5) is 8.00. The Morgan fingerprint density at radius 3 is 2.60 bits per heavy atom. The maximum absolute atomic E-state index is 4.00. The Balaban J connectivity index is 1.66. The second kappa shape index (κ2) is 5.81. The zero-order valence-electron chi connectivity index (χ0n) is 9.15. The van der Waals surface area contributed by atoms with Gasteiger partial charge in [0.25, 0.3) is 0 Å². The molecule has 0 aromatic carbocycles. The van der Waals surface area contributed by atoms with Crippen molar-refractivity contribution in [2.24, 2.45) is 5.92 Å². The van der Waals surface area contributed by atoms with E-state index in [0.29, 0.717) is 0 Å². The molecule has 1 aliphatic rings. The summed E-state index contributed by atoms with van der Waals surface area (Å²) in [7, 11) is 0. The fourth-order valence-electron chi connectivity index (χ4n) is 2.23. The average molecular weight is 205 g/mol. The van der Waals surface area contributed by atoms with E-state index in [4.69, 9.17) is 0 Å². The molecule has 3 heteroatoms. The monoisotopic (exact) mass is 205 g/mol. The first kappa shape index (κ1) is 10.6. The number of nitrogens with one attached hydrogen (secondary N) is 1. The number of nitrogens with zero attached hydrogens (tertiary/aromatic N) is 2. The van der Waals surface area contributed by atoms with E-state index >= 15 is 0 Å². The van der Waals surface area contributed by atoms with Crippen LogP contribution in [0.1, 0.15) is 37.7 Å². The van der Waals surface area contributed by atoms with E-state index in [0.717, 1.165) is 19.0 Å². The summed E-state index contributed by atoms with van der Waals surface area (Å²) >= 11 is 0. The molecule has 1 saturated carbocycles. The highest BCUT2D eigenvalue weighted by atomic mass is 14.9. The van der Waals surface area contributed by atoms with Crippen molar-refractivity contribution in [2.75, 3.05) is 6.54 Å². The Kier molecular flexibility index (Phi) is 4.09. The minimum absolute atomic E-state index is 0.892. The van der Waals surface area contributed by atoms with Gasteiger partial charge in [-0.15, -0.1) is 0 Å². The summed E-state index contributed by atoms with van der Waals surface area (Å²) in [6, 6.07) is 0. The minimum Gasteiger partial charge on any atom is -0.312 e. The summed E-state index contributed by atoms with van der Waals surface area (Å²) in [5.41, 5.74) is 1.17. The molecule has 0 unspecified atom stereocenters. The van der Waals surface area contributed by atoms with Crippen molar-refractivity contribution >= 4 is 0 Å². The largest absolute Gasteiger partial charge is 0.312 e. The van der Waals surface area contributed by atoms with Gasteiger partial charge in [-0.1, -0.05) is 19.3 Å². The van der Waals surface area contributed by atoms with Gasteiger partial charge in [0.15, 0.2) is 0 Å². The molecule has 1 heterocycles. The van der Waals surface area contributed by atoms with Crippen molar-refractivity contribution in [1.29, 1.82) is 0 Å². The Morgan fingerprint density at radius 1 is 1.13 bits per heavy atom. The van der Waals surface area contributed by atoms with Gasteiger partial charge in [-0.2, -0.15) is 0 Å². The predicted octanol–water partition coefficient (Wildman–Crippen LogP) is 2.15. The van der Waals surface area contributed by atoms with Gasteiger partial charge in [0.05, 0.1) is 0 Å². The summed E-state index contributed by atoms with van der Waals surface area (Å²) in [5.74, 6) is 0.892. The van der Waals surface area contributed by atoms with Crippen molar-refractivity contribution in [3.05, 3.63) is 24.3 Å². The van der Waals surface area contributed by atoms with Crippen LogP contribution in [0.4, 0.5) is 0 Å². The SMILES string of the molecule is c1ncc(CNCC2CCCCC2)cn1. The molecule has 1 aliphatic carbocycles. The van der Waals surface area contributed by atoms with E-state index in [1.807, 2.05) is 12.4 Å². The molecule has 1 aromatic rings. The standard InChI is InChI=1S/C12H19N3/c1-2-4-11(5-3-1)6-13-7-12-8-14-10-15-9-12/h8-11,13H,1-7H2. The molecular formula is C12H19N3. The number of hydrogen-bond donors (Lipinski definition) is 1. The number of rotatable bonds is 4. The van der Waals surface area contributed by atoms with Crippen LogP contribution in [0.3, 0.4) is 0 Å². The lowest BCUT2D eigenvalue weighted by atomic mass is 9.89. The summed E-state index contributed by atoms with van der Waals surface area (Å²) in [5, 5.41) is 3.49. The minimum atomic E-state index is 0.892. The fraction of sp³-hybridized carbons (Fsp3) is 0.667. The van der Waals surface area contributed by atoms with Gasteiger partial charge in [-0.3, -0.25) is 0 Å². The van der Waals surface area contributed by atoms with Crippen LogP contribution in [-0.2, 0) is 6.54 Å². The second-order valence-corrected chi connectivity index (χ2v) is 4.38.